The van der Waals surface area contributed by atoms with E-state index >= 15 is 0 Å². The molecule has 1 fully saturated rings. The summed E-state index contributed by atoms with van der Waals surface area (Å²) in [5, 5.41) is 4.67. The molecule has 2 heteroatoms. The van der Waals surface area contributed by atoms with Crippen LogP contribution in [0.15, 0.2) is 18.2 Å². The Morgan fingerprint density at radius 1 is 1.11 bits per heavy atom. The fourth-order valence-electron chi connectivity index (χ4n) is 3.60. The third-order valence-corrected chi connectivity index (χ3v) is 5.17. The number of hydrogen-bond donors (Lipinski definition) is 1. The fourth-order valence-corrected chi connectivity index (χ4v) is 3.79. The number of fused-ring (bicyclic) bond motifs is 1. The second kappa shape index (κ2) is 5.85. The molecule has 0 aliphatic heterocycles. The zero-order chi connectivity index (χ0) is 13.2. The van der Waals surface area contributed by atoms with E-state index in [1.165, 1.54) is 49.8 Å². The molecule has 1 atom stereocenters. The van der Waals surface area contributed by atoms with Crippen LogP contribution in [-0.2, 0) is 12.8 Å². The second-order valence-electron chi connectivity index (χ2n) is 6.55. The van der Waals surface area contributed by atoms with Crippen LogP contribution in [0.25, 0.3) is 0 Å². The van der Waals surface area contributed by atoms with Gasteiger partial charge < -0.3 is 5.32 Å². The molecule has 1 saturated carbocycles. The van der Waals surface area contributed by atoms with Gasteiger partial charge in [-0.2, -0.15) is 0 Å². The minimum absolute atomic E-state index is 0.632. The van der Waals surface area contributed by atoms with Crippen LogP contribution >= 0.6 is 11.6 Å². The summed E-state index contributed by atoms with van der Waals surface area (Å²) in [5.41, 5.74) is 2.93. The standard InChI is InChI=1S/C17H24ClN/c1-12-2-4-13(5-3-12)11-19-17-9-14-6-7-16(18)8-15(14)10-17/h6-8,12-13,17,19H,2-5,9-11H2,1H3. The summed E-state index contributed by atoms with van der Waals surface area (Å²) in [4.78, 5) is 0. The van der Waals surface area contributed by atoms with Crippen LogP contribution in [-0.4, -0.2) is 12.6 Å². The van der Waals surface area contributed by atoms with Crippen molar-refractivity contribution in [1.29, 1.82) is 0 Å². The Hall–Kier alpha value is -0.530. The van der Waals surface area contributed by atoms with E-state index in [2.05, 4.69) is 24.4 Å². The SMILES string of the molecule is CC1CCC(CNC2Cc3ccc(Cl)cc3C2)CC1. The summed E-state index contributed by atoms with van der Waals surface area (Å²) < 4.78 is 0. The molecule has 2 aliphatic rings. The highest BCUT2D eigenvalue weighted by molar-refractivity contribution is 6.30. The minimum atomic E-state index is 0.632. The van der Waals surface area contributed by atoms with Crippen LogP contribution in [0.3, 0.4) is 0 Å². The molecule has 0 amide bonds. The Labute approximate surface area is 121 Å². The molecule has 0 heterocycles. The van der Waals surface area contributed by atoms with Crippen molar-refractivity contribution in [2.45, 2.75) is 51.5 Å². The Bertz CT molecular complexity index is 435. The lowest BCUT2D eigenvalue weighted by molar-refractivity contribution is 0.274. The van der Waals surface area contributed by atoms with E-state index in [0.29, 0.717) is 6.04 Å². The van der Waals surface area contributed by atoms with Gasteiger partial charge in [-0.25, -0.2) is 0 Å². The topological polar surface area (TPSA) is 12.0 Å². The van der Waals surface area contributed by atoms with Crippen molar-refractivity contribution in [3.63, 3.8) is 0 Å². The van der Waals surface area contributed by atoms with Gasteiger partial charge in [0.15, 0.2) is 0 Å². The number of benzene rings is 1. The van der Waals surface area contributed by atoms with Crippen LogP contribution in [0, 0.1) is 11.8 Å². The van der Waals surface area contributed by atoms with Crippen LogP contribution in [0.4, 0.5) is 0 Å². The first-order chi connectivity index (χ1) is 9.20. The highest BCUT2D eigenvalue weighted by Crippen LogP contribution is 2.29. The average Bonchev–Trinajstić information content (AvgIpc) is 2.80. The molecule has 1 aromatic carbocycles. The van der Waals surface area contributed by atoms with Crippen molar-refractivity contribution in [1.82, 2.24) is 5.32 Å². The summed E-state index contributed by atoms with van der Waals surface area (Å²) in [6.45, 7) is 3.60. The predicted octanol–water partition coefficient (Wildman–Crippen LogP) is 4.22. The lowest BCUT2D eigenvalue weighted by Crippen LogP contribution is -2.35. The summed E-state index contributed by atoms with van der Waals surface area (Å²) in [6.07, 6.45) is 8.01. The van der Waals surface area contributed by atoms with Gasteiger partial charge in [0.1, 0.15) is 0 Å². The molecule has 3 rings (SSSR count). The normalized spacial score (nSPS) is 30.3. The van der Waals surface area contributed by atoms with Crippen molar-refractivity contribution in [2.75, 3.05) is 6.54 Å². The van der Waals surface area contributed by atoms with Crippen molar-refractivity contribution in [3.8, 4) is 0 Å². The molecule has 0 radical (unpaired) electrons. The van der Waals surface area contributed by atoms with Gasteiger partial charge in [-0.1, -0.05) is 37.4 Å². The lowest BCUT2D eigenvalue weighted by Gasteiger charge is -2.27. The van der Waals surface area contributed by atoms with Gasteiger partial charge in [0.25, 0.3) is 0 Å². The monoisotopic (exact) mass is 277 g/mol. The Kier molecular flexibility index (Phi) is 4.14. The van der Waals surface area contributed by atoms with Gasteiger partial charge in [0, 0.05) is 11.1 Å². The maximum absolute atomic E-state index is 6.06. The fraction of sp³-hybridized carbons (Fsp3) is 0.647. The van der Waals surface area contributed by atoms with Crippen molar-refractivity contribution in [3.05, 3.63) is 34.3 Å². The van der Waals surface area contributed by atoms with E-state index in [-0.39, 0.29) is 0 Å². The molecule has 0 saturated heterocycles. The Balaban J connectivity index is 1.48. The summed E-state index contributed by atoms with van der Waals surface area (Å²) in [6, 6.07) is 6.99. The van der Waals surface area contributed by atoms with Crippen molar-refractivity contribution < 1.29 is 0 Å². The average molecular weight is 278 g/mol. The number of halogens is 1. The molecule has 1 nitrogen and oxygen atoms in total. The first-order valence-corrected chi connectivity index (χ1v) is 8.09. The summed E-state index contributed by atoms with van der Waals surface area (Å²) in [7, 11) is 0. The van der Waals surface area contributed by atoms with Crippen LogP contribution in [0.5, 0.6) is 0 Å². The molecule has 19 heavy (non-hydrogen) atoms. The highest BCUT2D eigenvalue weighted by atomic mass is 35.5. The minimum Gasteiger partial charge on any atom is -0.313 e. The summed E-state index contributed by atoms with van der Waals surface area (Å²) in [5.74, 6) is 1.86. The van der Waals surface area contributed by atoms with Crippen LogP contribution in [0.1, 0.15) is 43.7 Å². The van der Waals surface area contributed by atoms with Gasteiger partial charge in [0.2, 0.25) is 0 Å². The zero-order valence-corrected chi connectivity index (χ0v) is 12.5. The van der Waals surface area contributed by atoms with E-state index < -0.39 is 0 Å². The molecule has 104 valence electrons. The molecule has 0 bridgehead atoms. The van der Waals surface area contributed by atoms with Gasteiger partial charge in [-0.15, -0.1) is 0 Å². The summed E-state index contributed by atoms with van der Waals surface area (Å²) >= 11 is 6.06. The molecular formula is C17H24ClN. The number of rotatable bonds is 3. The van der Waals surface area contributed by atoms with E-state index in [9.17, 15) is 0 Å². The molecular weight excluding hydrogens is 254 g/mol. The molecule has 1 N–H and O–H groups in total. The Morgan fingerprint density at radius 3 is 2.63 bits per heavy atom. The Morgan fingerprint density at radius 2 is 1.84 bits per heavy atom. The van der Waals surface area contributed by atoms with Crippen molar-refractivity contribution >= 4 is 11.6 Å². The first kappa shape index (κ1) is 13.5. The van der Waals surface area contributed by atoms with Crippen molar-refractivity contribution in [2.24, 2.45) is 11.8 Å². The molecule has 1 unspecified atom stereocenters. The molecule has 1 aromatic rings. The van der Waals surface area contributed by atoms with E-state index in [4.69, 9.17) is 11.6 Å². The van der Waals surface area contributed by atoms with Gasteiger partial charge >= 0.3 is 0 Å². The maximum Gasteiger partial charge on any atom is 0.0408 e. The number of nitrogens with one attached hydrogen (secondary N) is 1. The third-order valence-electron chi connectivity index (χ3n) is 4.93. The van der Waals surface area contributed by atoms with E-state index in [0.717, 1.165) is 23.3 Å². The number of hydrogen-bond acceptors (Lipinski definition) is 1. The second-order valence-corrected chi connectivity index (χ2v) is 6.99. The zero-order valence-electron chi connectivity index (χ0n) is 11.8. The largest absolute Gasteiger partial charge is 0.313 e. The van der Waals surface area contributed by atoms with Gasteiger partial charge in [0.05, 0.1) is 0 Å². The van der Waals surface area contributed by atoms with Gasteiger partial charge in [-0.3, -0.25) is 0 Å². The molecule has 2 aliphatic carbocycles. The van der Waals surface area contributed by atoms with Crippen LogP contribution < -0.4 is 5.32 Å². The molecule has 0 aromatic heterocycles. The van der Waals surface area contributed by atoms with Gasteiger partial charge in [-0.05, 0) is 67.3 Å². The lowest BCUT2D eigenvalue weighted by atomic mass is 9.83. The van der Waals surface area contributed by atoms with E-state index in [1.54, 1.807) is 0 Å². The third kappa shape index (κ3) is 3.32. The highest BCUT2D eigenvalue weighted by Gasteiger charge is 2.23. The smallest absolute Gasteiger partial charge is 0.0408 e. The molecule has 0 spiro atoms. The predicted molar refractivity (Wildman–Crippen MR) is 81.8 cm³/mol. The first-order valence-electron chi connectivity index (χ1n) is 7.71. The quantitative estimate of drug-likeness (QED) is 0.872. The van der Waals surface area contributed by atoms with Crippen LogP contribution in [0.2, 0.25) is 5.02 Å². The maximum atomic E-state index is 6.06. The van der Waals surface area contributed by atoms with E-state index in [1.807, 2.05) is 6.07 Å².